The predicted molar refractivity (Wildman–Crippen MR) is 122 cm³/mol. The van der Waals surface area contributed by atoms with E-state index in [9.17, 15) is 9.59 Å². The van der Waals surface area contributed by atoms with Crippen LogP contribution in [0.5, 0.6) is 0 Å². The molecule has 30 heavy (non-hydrogen) atoms. The van der Waals surface area contributed by atoms with Gasteiger partial charge in [0, 0.05) is 24.6 Å². The number of carbonyl (C=O) groups excluding carboxylic acids is 2. The lowest BCUT2D eigenvalue weighted by Gasteiger charge is -2.25. The van der Waals surface area contributed by atoms with E-state index in [2.05, 4.69) is 25.2 Å². The molecule has 0 atom stereocenters. The second-order valence-corrected chi connectivity index (χ2v) is 9.47. The highest BCUT2D eigenvalue weighted by molar-refractivity contribution is 8.00. The molecule has 1 aliphatic rings. The van der Waals surface area contributed by atoms with Crippen LogP contribution >= 0.6 is 34.9 Å². The van der Waals surface area contributed by atoms with Crippen LogP contribution in [0.1, 0.15) is 10.4 Å². The van der Waals surface area contributed by atoms with Crippen molar-refractivity contribution in [3.8, 4) is 0 Å². The average Bonchev–Trinajstić information content (AvgIpc) is 3.23. The molecule has 8 nitrogen and oxygen atoms in total. The number of amides is 1. The predicted octanol–water partition coefficient (Wildman–Crippen LogP) is 3.16. The Kier molecular flexibility index (Phi) is 6.70. The van der Waals surface area contributed by atoms with Crippen LogP contribution in [0, 0.1) is 0 Å². The van der Waals surface area contributed by atoms with E-state index in [1.54, 1.807) is 35.6 Å². The number of benzene rings is 1. The minimum Gasteiger partial charge on any atom is -0.465 e. The first-order chi connectivity index (χ1) is 14.7. The van der Waals surface area contributed by atoms with Gasteiger partial charge in [-0.3, -0.25) is 4.79 Å². The molecule has 1 fully saturated rings. The minimum absolute atomic E-state index is 0.148. The molecule has 1 amide bonds. The zero-order valence-corrected chi connectivity index (χ0v) is 18.6. The van der Waals surface area contributed by atoms with Gasteiger partial charge in [-0.2, -0.15) is 16.7 Å². The summed E-state index contributed by atoms with van der Waals surface area (Å²) in [7, 11) is 1.31. The number of carbonyl (C=O) groups is 2. The molecule has 0 aliphatic carbocycles. The Bertz CT molecular complexity index is 1070. The van der Waals surface area contributed by atoms with Gasteiger partial charge >= 0.3 is 5.97 Å². The summed E-state index contributed by atoms with van der Waals surface area (Å²) in [6, 6.07) is 6.75. The van der Waals surface area contributed by atoms with Crippen molar-refractivity contribution in [1.29, 1.82) is 0 Å². The average molecular weight is 462 g/mol. The van der Waals surface area contributed by atoms with Crippen LogP contribution in [-0.2, 0) is 9.53 Å². The Balaban J connectivity index is 1.45. The fraction of sp³-hybridized carbons (Fsp3) is 0.316. The standard InChI is InChI=1S/C19H19N5O3S3/c1-27-18(26)12-4-2-3-5-13(12)22-14(25)10-29-17-15-16(20-11-21-17)23-19(30-15)24-6-8-28-9-7-24/h2-5,11H,6-10H2,1H3,(H,22,25). The van der Waals surface area contributed by atoms with E-state index in [0.29, 0.717) is 16.9 Å². The molecule has 3 aromatic rings. The molecule has 1 aromatic carbocycles. The van der Waals surface area contributed by atoms with Gasteiger partial charge in [-0.05, 0) is 12.1 Å². The first-order valence-electron chi connectivity index (χ1n) is 9.20. The zero-order valence-electron chi connectivity index (χ0n) is 16.2. The van der Waals surface area contributed by atoms with Gasteiger partial charge in [0.1, 0.15) is 16.1 Å². The van der Waals surface area contributed by atoms with Crippen molar-refractivity contribution in [2.75, 3.05) is 47.7 Å². The SMILES string of the molecule is COC(=O)c1ccccc1NC(=O)CSc1ncnc2nc(N3CCSCC3)sc12. The summed E-state index contributed by atoms with van der Waals surface area (Å²) < 4.78 is 5.65. The number of nitrogens with one attached hydrogen (secondary N) is 1. The van der Waals surface area contributed by atoms with Gasteiger partial charge in [-0.1, -0.05) is 35.2 Å². The number of nitrogens with zero attached hydrogens (tertiary/aromatic N) is 4. The molecular formula is C19H19N5O3S3. The Morgan fingerprint density at radius 3 is 2.83 bits per heavy atom. The lowest BCUT2D eigenvalue weighted by atomic mass is 10.2. The number of hydrogen-bond acceptors (Lipinski definition) is 10. The van der Waals surface area contributed by atoms with Crippen molar-refractivity contribution in [1.82, 2.24) is 15.0 Å². The number of fused-ring (bicyclic) bond motifs is 1. The second-order valence-electron chi connectivity index (χ2n) is 6.30. The van der Waals surface area contributed by atoms with Crippen LogP contribution in [0.4, 0.5) is 10.8 Å². The summed E-state index contributed by atoms with van der Waals surface area (Å²) in [5, 5.41) is 4.45. The molecule has 0 unspecified atom stereocenters. The molecule has 156 valence electrons. The maximum atomic E-state index is 12.5. The number of ether oxygens (including phenoxy) is 1. The number of esters is 1. The Morgan fingerprint density at radius 2 is 2.03 bits per heavy atom. The van der Waals surface area contributed by atoms with Crippen molar-refractivity contribution in [2.24, 2.45) is 0 Å². The van der Waals surface area contributed by atoms with Crippen LogP contribution in [0.15, 0.2) is 35.6 Å². The quantitative estimate of drug-likeness (QED) is 0.337. The first kappa shape index (κ1) is 20.9. The van der Waals surface area contributed by atoms with Gasteiger partial charge in [-0.15, -0.1) is 0 Å². The summed E-state index contributed by atoms with van der Waals surface area (Å²) in [6.45, 7) is 1.95. The van der Waals surface area contributed by atoms with E-state index in [0.717, 1.165) is 39.5 Å². The van der Waals surface area contributed by atoms with E-state index < -0.39 is 5.97 Å². The highest BCUT2D eigenvalue weighted by atomic mass is 32.2. The lowest BCUT2D eigenvalue weighted by Crippen LogP contribution is -2.32. The number of methoxy groups -OCH3 is 1. The molecule has 1 N–H and O–H groups in total. The van der Waals surface area contributed by atoms with Crippen LogP contribution in [0.3, 0.4) is 0 Å². The molecule has 0 bridgehead atoms. The minimum atomic E-state index is -0.496. The maximum Gasteiger partial charge on any atom is 0.339 e. The Labute approximate surface area is 185 Å². The summed E-state index contributed by atoms with van der Waals surface area (Å²) >= 11 is 4.84. The molecule has 2 aromatic heterocycles. The van der Waals surface area contributed by atoms with E-state index in [4.69, 9.17) is 4.74 Å². The van der Waals surface area contributed by atoms with Crippen LogP contribution in [0.25, 0.3) is 10.3 Å². The van der Waals surface area contributed by atoms with Crippen molar-refractivity contribution in [3.63, 3.8) is 0 Å². The highest BCUT2D eigenvalue weighted by Gasteiger charge is 2.19. The molecule has 1 saturated heterocycles. The normalized spacial score (nSPS) is 14.0. The maximum absolute atomic E-state index is 12.5. The first-order valence-corrected chi connectivity index (χ1v) is 12.2. The van der Waals surface area contributed by atoms with Crippen molar-refractivity contribution in [3.05, 3.63) is 36.2 Å². The van der Waals surface area contributed by atoms with Crippen molar-refractivity contribution >= 4 is 67.9 Å². The molecule has 0 spiro atoms. The van der Waals surface area contributed by atoms with Gasteiger partial charge in [0.15, 0.2) is 10.8 Å². The number of hydrogen-bond donors (Lipinski definition) is 1. The van der Waals surface area contributed by atoms with Gasteiger partial charge in [0.2, 0.25) is 5.91 Å². The lowest BCUT2D eigenvalue weighted by molar-refractivity contribution is -0.113. The monoisotopic (exact) mass is 461 g/mol. The largest absolute Gasteiger partial charge is 0.465 e. The summed E-state index contributed by atoms with van der Waals surface area (Å²) in [5.74, 6) is 1.60. The fourth-order valence-corrected chi connectivity index (χ4v) is 5.76. The van der Waals surface area contributed by atoms with Gasteiger partial charge in [-0.25, -0.2) is 14.8 Å². The topological polar surface area (TPSA) is 97.3 Å². The zero-order chi connectivity index (χ0) is 20.9. The van der Waals surface area contributed by atoms with Gasteiger partial charge in [0.05, 0.1) is 24.1 Å². The summed E-state index contributed by atoms with van der Waals surface area (Å²) in [5.41, 5.74) is 1.39. The Hall–Kier alpha value is -2.37. The van der Waals surface area contributed by atoms with Crippen LogP contribution in [0.2, 0.25) is 0 Å². The molecular weight excluding hydrogens is 442 g/mol. The molecule has 0 radical (unpaired) electrons. The van der Waals surface area contributed by atoms with Gasteiger partial charge < -0.3 is 15.0 Å². The van der Waals surface area contributed by atoms with E-state index in [1.165, 1.54) is 25.2 Å². The van der Waals surface area contributed by atoms with Crippen molar-refractivity contribution in [2.45, 2.75) is 5.03 Å². The Morgan fingerprint density at radius 1 is 1.23 bits per heavy atom. The van der Waals surface area contributed by atoms with E-state index >= 15 is 0 Å². The summed E-state index contributed by atoms with van der Waals surface area (Å²) in [6.07, 6.45) is 1.48. The van der Waals surface area contributed by atoms with Crippen molar-refractivity contribution < 1.29 is 14.3 Å². The third kappa shape index (κ3) is 4.68. The van der Waals surface area contributed by atoms with Crippen LogP contribution < -0.4 is 10.2 Å². The van der Waals surface area contributed by atoms with E-state index in [1.807, 2.05) is 11.8 Å². The summed E-state index contributed by atoms with van der Waals surface area (Å²) in [4.78, 5) is 39.9. The molecule has 0 saturated carbocycles. The number of thioether (sulfide) groups is 2. The van der Waals surface area contributed by atoms with Crippen LogP contribution in [-0.4, -0.2) is 64.3 Å². The third-order valence-electron chi connectivity index (χ3n) is 4.38. The fourth-order valence-electron chi connectivity index (χ4n) is 2.92. The number of rotatable bonds is 6. The highest BCUT2D eigenvalue weighted by Crippen LogP contribution is 2.34. The molecule has 11 heteroatoms. The van der Waals surface area contributed by atoms with Gasteiger partial charge in [0.25, 0.3) is 0 Å². The number of thiazole rings is 1. The van der Waals surface area contributed by atoms with E-state index in [-0.39, 0.29) is 11.7 Å². The second kappa shape index (κ2) is 9.63. The number of para-hydroxylation sites is 1. The third-order valence-corrected chi connectivity index (χ3v) is 7.55. The number of anilines is 2. The molecule has 1 aliphatic heterocycles. The number of aromatic nitrogens is 3. The smallest absolute Gasteiger partial charge is 0.339 e. The molecule has 3 heterocycles. The molecule has 4 rings (SSSR count).